The summed E-state index contributed by atoms with van der Waals surface area (Å²) in [5.74, 6) is -0.211. The van der Waals surface area contributed by atoms with Crippen LogP contribution in [0.4, 0.5) is 0 Å². The molecule has 0 radical (unpaired) electrons. The van der Waals surface area contributed by atoms with Crippen molar-refractivity contribution in [2.24, 2.45) is 0 Å². The highest BCUT2D eigenvalue weighted by Crippen LogP contribution is 2.26. The number of nitrogens with one attached hydrogen (secondary N) is 1. The summed E-state index contributed by atoms with van der Waals surface area (Å²) in [5, 5.41) is 31.5. The van der Waals surface area contributed by atoms with E-state index >= 15 is 0 Å². The second kappa shape index (κ2) is 5.65. The van der Waals surface area contributed by atoms with Crippen LogP contribution in [0.2, 0.25) is 0 Å². The average Bonchev–Trinajstić information content (AvgIpc) is 2.28. The summed E-state index contributed by atoms with van der Waals surface area (Å²) in [6.45, 7) is 2.95. The maximum Gasteiger partial charge on any atom is 0.216 e. The van der Waals surface area contributed by atoms with E-state index in [1.807, 2.05) is 0 Å². The third kappa shape index (κ3) is 3.44. The standard InChI is InChI=1S/C12H17NO4/c1-7-9(4-3-5-10(7)15)12(17)11(16)6-13-8(2)14/h3-5,11-12,15-17H,6H2,1-2H3,(H,13,14). The van der Waals surface area contributed by atoms with Crippen molar-refractivity contribution in [2.75, 3.05) is 6.54 Å². The molecule has 1 amide bonds. The van der Waals surface area contributed by atoms with Crippen LogP contribution >= 0.6 is 0 Å². The number of phenols is 1. The summed E-state index contributed by atoms with van der Waals surface area (Å²) >= 11 is 0. The molecule has 4 N–H and O–H groups in total. The van der Waals surface area contributed by atoms with Crippen molar-refractivity contribution in [1.82, 2.24) is 5.32 Å². The number of amides is 1. The average molecular weight is 239 g/mol. The Morgan fingerprint density at radius 3 is 2.65 bits per heavy atom. The lowest BCUT2D eigenvalue weighted by atomic mass is 9.99. The van der Waals surface area contributed by atoms with E-state index in [0.29, 0.717) is 11.1 Å². The number of hydrogen-bond acceptors (Lipinski definition) is 4. The Bertz CT molecular complexity index is 405. The van der Waals surface area contributed by atoms with Gasteiger partial charge in [-0.15, -0.1) is 0 Å². The van der Waals surface area contributed by atoms with E-state index < -0.39 is 12.2 Å². The zero-order chi connectivity index (χ0) is 13.0. The molecule has 0 saturated heterocycles. The number of rotatable bonds is 4. The minimum absolute atomic E-state index is 0.0361. The van der Waals surface area contributed by atoms with E-state index in [2.05, 4.69) is 5.32 Å². The van der Waals surface area contributed by atoms with Gasteiger partial charge in [0.15, 0.2) is 0 Å². The van der Waals surface area contributed by atoms with Crippen molar-refractivity contribution in [3.63, 3.8) is 0 Å². The third-order valence-corrected chi connectivity index (χ3v) is 2.59. The van der Waals surface area contributed by atoms with Crippen LogP contribution in [0.25, 0.3) is 0 Å². The molecule has 17 heavy (non-hydrogen) atoms. The van der Waals surface area contributed by atoms with Gasteiger partial charge in [0.2, 0.25) is 5.91 Å². The van der Waals surface area contributed by atoms with Crippen molar-refractivity contribution in [2.45, 2.75) is 26.1 Å². The quantitative estimate of drug-likeness (QED) is 0.605. The summed E-state index contributed by atoms with van der Waals surface area (Å²) in [6, 6.07) is 4.72. The van der Waals surface area contributed by atoms with Gasteiger partial charge >= 0.3 is 0 Å². The monoisotopic (exact) mass is 239 g/mol. The normalized spacial score (nSPS) is 14.1. The Balaban J connectivity index is 2.77. The highest BCUT2D eigenvalue weighted by atomic mass is 16.3. The minimum Gasteiger partial charge on any atom is -0.508 e. The largest absolute Gasteiger partial charge is 0.508 e. The maximum absolute atomic E-state index is 10.7. The van der Waals surface area contributed by atoms with Crippen molar-refractivity contribution >= 4 is 5.91 Å². The van der Waals surface area contributed by atoms with Crippen LogP contribution in [0.1, 0.15) is 24.2 Å². The van der Waals surface area contributed by atoms with Gasteiger partial charge in [-0.1, -0.05) is 12.1 Å². The molecule has 1 rings (SSSR count). The number of aliphatic hydroxyl groups excluding tert-OH is 2. The fourth-order valence-electron chi connectivity index (χ4n) is 1.53. The first-order chi connectivity index (χ1) is 7.93. The number of benzene rings is 1. The van der Waals surface area contributed by atoms with E-state index in [0.717, 1.165) is 0 Å². The minimum atomic E-state index is -1.14. The smallest absolute Gasteiger partial charge is 0.216 e. The predicted molar refractivity (Wildman–Crippen MR) is 62.5 cm³/mol. The van der Waals surface area contributed by atoms with Crippen molar-refractivity contribution in [1.29, 1.82) is 0 Å². The molecule has 0 fully saturated rings. The Hall–Kier alpha value is -1.59. The topological polar surface area (TPSA) is 89.8 Å². The Morgan fingerprint density at radius 2 is 2.06 bits per heavy atom. The van der Waals surface area contributed by atoms with Crippen LogP contribution in [0.5, 0.6) is 5.75 Å². The molecule has 0 aliphatic heterocycles. The number of carbonyl (C=O) groups is 1. The molecule has 0 bridgehead atoms. The number of aromatic hydroxyl groups is 1. The number of phenolic OH excluding ortho intramolecular Hbond substituents is 1. The zero-order valence-corrected chi connectivity index (χ0v) is 9.84. The summed E-state index contributed by atoms with van der Waals surface area (Å²) in [7, 11) is 0. The molecule has 0 aliphatic carbocycles. The summed E-state index contributed by atoms with van der Waals surface area (Å²) in [6.07, 6.45) is -2.26. The lowest BCUT2D eigenvalue weighted by molar-refractivity contribution is -0.119. The van der Waals surface area contributed by atoms with Gasteiger partial charge < -0.3 is 20.6 Å². The van der Waals surface area contributed by atoms with Crippen LogP contribution in [-0.2, 0) is 4.79 Å². The molecule has 0 saturated carbocycles. The number of hydrogen-bond donors (Lipinski definition) is 4. The second-order valence-electron chi connectivity index (χ2n) is 3.94. The van der Waals surface area contributed by atoms with Crippen LogP contribution in [-0.4, -0.2) is 33.9 Å². The molecule has 0 aliphatic rings. The van der Waals surface area contributed by atoms with Crippen LogP contribution in [0, 0.1) is 6.92 Å². The SMILES string of the molecule is CC(=O)NCC(O)C(O)c1cccc(O)c1C. The number of carbonyl (C=O) groups excluding carboxylic acids is 1. The lowest BCUT2D eigenvalue weighted by Gasteiger charge is -2.20. The molecule has 94 valence electrons. The molecule has 5 heteroatoms. The molecular weight excluding hydrogens is 222 g/mol. The van der Waals surface area contributed by atoms with E-state index in [1.54, 1.807) is 19.1 Å². The highest BCUT2D eigenvalue weighted by Gasteiger charge is 2.21. The number of aliphatic hydroxyl groups is 2. The second-order valence-corrected chi connectivity index (χ2v) is 3.94. The summed E-state index contributed by atoms with van der Waals surface area (Å²) < 4.78 is 0. The Labute approximate surface area is 99.7 Å². The van der Waals surface area contributed by atoms with Gasteiger partial charge in [0, 0.05) is 13.5 Å². The fraction of sp³-hybridized carbons (Fsp3) is 0.417. The van der Waals surface area contributed by atoms with Crippen molar-refractivity contribution < 1.29 is 20.1 Å². The molecule has 0 spiro atoms. The van der Waals surface area contributed by atoms with Crippen LogP contribution < -0.4 is 5.32 Å². The molecule has 1 aromatic carbocycles. The van der Waals surface area contributed by atoms with E-state index in [-0.39, 0.29) is 18.2 Å². The molecule has 5 nitrogen and oxygen atoms in total. The third-order valence-electron chi connectivity index (χ3n) is 2.59. The predicted octanol–water partition coefficient (Wildman–Crippen LogP) is 0.231. The van der Waals surface area contributed by atoms with Crippen LogP contribution in [0.15, 0.2) is 18.2 Å². The van der Waals surface area contributed by atoms with Crippen molar-refractivity contribution in [3.8, 4) is 5.75 Å². The van der Waals surface area contributed by atoms with Gasteiger partial charge in [-0.3, -0.25) is 4.79 Å². The van der Waals surface area contributed by atoms with Gasteiger partial charge in [0.1, 0.15) is 18.0 Å². The lowest BCUT2D eigenvalue weighted by Crippen LogP contribution is -2.34. The maximum atomic E-state index is 10.7. The summed E-state index contributed by atoms with van der Waals surface area (Å²) in [4.78, 5) is 10.7. The van der Waals surface area contributed by atoms with Gasteiger partial charge in [-0.2, -0.15) is 0 Å². The molecular formula is C12H17NO4. The first-order valence-electron chi connectivity index (χ1n) is 5.32. The molecule has 0 aromatic heterocycles. The molecule has 0 heterocycles. The Kier molecular flexibility index (Phi) is 4.48. The Morgan fingerprint density at radius 1 is 1.41 bits per heavy atom. The molecule has 2 atom stereocenters. The molecule has 1 aromatic rings. The van der Waals surface area contributed by atoms with E-state index in [9.17, 15) is 20.1 Å². The summed E-state index contributed by atoms with van der Waals surface area (Å²) in [5.41, 5.74) is 0.963. The van der Waals surface area contributed by atoms with Gasteiger partial charge in [-0.25, -0.2) is 0 Å². The highest BCUT2D eigenvalue weighted by molar-refractivity contribution is 5.72. The van der Waals surface area contributed by atoms with Crippen LogP contribution in [0.3, 0.4) is 0 Å². The van der Waals surface area contributed by atoms with Gasteiger partial charge in [0.25, 0.3) is 0 Å². The van der Waals surface area contributed by atoms with Gasteiger partial charge in [0.05, 0.1) is 0 Å². The zero-order valence-electron chi connectivity index (χ0n) is 9.84. The first kappa shape index (κ1) is 13.5. The van der Waals surface area contributed by atoms with E-state index in [1.165, 1.54) is 13.0 Å². The van der Waals surface area contributed by atoms with E-state index in [4.69, 9.17) is 0 Å². The van der Waals surface area contributed by atoms with Crippen molar-refractivity contribution in [3.05, 3.63) is 29.3 Å². The first-order valence-corrected chi connectivity index (χ1v) is 5.32. The molecule has 2 unspecified atom stereocenters. The van der Waals surface area contributed by atoms with Gasteiger partial charge in [-0.05, 0) is 24.1 Å². The fourth-order valence-corrected chi connectivity index (χ4v) is 1.53.